The number of rotatable bonds is 7. The van der Waals surface area contributed by atoms with Crippen molar-refractivity contribution >= 4 is 46.0 Å². The van der Waals surface area contributed by atoms with E-state index in [1.54, 1.807) is 48.7 Å². The van der Waals surface area contributed by atoms with Gasteiger partial charge >= 0.3 is 0 Å². The summed E-state index contributed by atoms with van der Waals surface area (Å²) in [5.41, 5.74) is 2.82. The summed E-state index contributed by atoms with van der Waals surface area (Å²) in [7, 11) is 0. The quantitative estimate of drug-likeness (QED) is 0.293. The Morgan fingerprint density at radius 1 is 1.16 bits per heavy atom. The normalized spacial score (nSPS) is 10.9. The van der Waals surface area contributed by atoms with Crippen LogP contribution in [0, 0.1) is 6.92 Å². The molecule has 164 valence electrons. The lowest BCUT2D eigenvalue weighted by molar-refractivity contribution is -0.114. The van der Waals surface area contributed by atoms with Crippen molar-refractivity contribution in [1.29, 1.82) is 0 Å². The first-order chi connectivity index (χ1) is 15.4. The molecule has 0 unspecified atom stereocenters. The number of aryl methyl sites for hydroxylation is 1. The first kappa shape index (κ1) is 21.4. The number of amides is 2. The van der Waals surface area contributed by atoms with Crippen LogP contribution in [0.1, 0.15) is 18.4 Å². The zero-order valence-electron chi connectivity index (χ0n) is 17.5. The van der Waals surface area contributed by atoms with Gasteiger partial charge in [-0.2, -0.15) is 0 Å². The van der Waals surface area contributed by atoms with E-state index in [0.717, 1.165) is 5.69 Å². The van der Waals surface area contributed by atoms with Gasteiger partial charge < -0.3 is 20.0 Å². The Bertz CT molecular complexity index is 1320. The number of fused-ring (bicyclic) bond motifs is 1. The molecule has 0 spiro atoms. The van der Waals surface area contributed by atoms with Gasteiger partial charge in [0.15, 0.2) is 5.16 Å². The Kier molecular flexibility index (Phi) is 6.13. The van der Waals surface area contributed by atoms with Crippen LogP contribution >= 0.6 is 11.8 Å². The lowest BCUT2D eigenvalue weighted by Gasteiger charge is -2.11. The number of hydrogen-bond donors (Lipinski definition) is 3. The number of aromatic nitrogens is 3. The summed E-state index contributed by atoms with van der Waals surface area (Å²) in [5.74, 6) is 0.266. The van der Waals surface area contributed by atoms with Crippen LogP contribution in [0.5, 0.6) is 0 Å². The number of nitrogens with one attached hydrogen (secondary N) is 3. The van der Waals surface area contributed by atoms with E-state index in [9.17, 15) is 14.4 Å². The van der Waals surface area contributed by atoms with Crippen molar-refractivity contribution in [1.82, 2.24) is 14.5 Å². The summed E-state index contributed by atoms with van der Waals surface area (Å²) in [6.45, 7) is 3.50. The summed E-state index contributed by atoms with van der Waals surface area (Å²) in [4.78, 5) is 44.3. The molecule has 3 heterocycles. The fourth-order valence-corrected chi connectivity index (χ4v) is 3.98. The smallest absolute Gasteiger partial charge is 0.278 e. The highest BCUT2D eigenvalue weighted by Gasteiger charge is 2.16. The second-order valence-electron chi connectivity index (χ2n) is 7.17. The van der Waals surface area contributed by atoms with E-state index in [2.05, 4.69) is 20.6 Å². The lowest BCUT2D eigenvalue weighted by Crippen LogP contribution is -2.24. The molecule has 0 atom stereocenters. The fourth-order valence-electron chi connectivity index (χ4n) is 3.19. The minimum absolute atomic E-state index is 0.0625. The number of carbonyl (C=O) groups excluding carboxylic acids is 2. The van der Waals surface area contributed by atoms with Crippen molar-refractivity contribution in [2.75, 3.05) is 16.4 Å². The van der Waals surface area contributed by atoms with Gasteiger partial charge in [0.25, 0.3) is 5.56 Å². The van der Waals surface area contributed by atoms with Gasteiger partial charge in [0, 0.05) is 24.0 Å². The number of nitrogens with zero attached hydrogens (tertiary/aromatic N) is 2. The fraction of sp³-hybridized carbons (Fsp3) is 0.182. The van der Waals surface area contributed by atoms with E-state index < -0.39 is 0 Å². The molecule has 1 aromatic carbocycles. The standard InChI is InChI=1S/C22H21N5O4S/c1-13-10-18-20(23-13)21(30)27(11-17-4-3-9-31-17)22(26-18)32-12-19(29)25-16-7-5-15(6-8-16)24-14(2)28/h3-10,23H,11-12H2,1-2H3,(H,24,28)(H,25,29). The molecule has 4 aromatic rings. The van der Waals surface area contributed by atoms with Crippen molar-refractivity contribution in [3.63, 3.8) is 0 Å². The molecule has 0 aliphatic rings. The van der Waals surface area contributed by atoms with E-state index in [1.165, 1.54) is 23.3 Å². The Balaban J connectivity index is 1.51. The van der Waals surface area contributed by atoms with Gasteiger partial charge in [-0.3, -0.25) is 19.0 Å². The van der Waals surface area contributed by atoms with Crippen LogP contribution < -0.4 is 16.2 Å². The minimum Gasteiger partial charge on any atom is -0.467 e. The number of thioether (sulfide) groups is 1. The maximum absolute atomic E-state index is 13.0. The third kappa shape index (κ3) is 4.92. The molecule has 0 aliphatic carbocycles. The van der Waals surface area contributed by atoms with Gasteiger partial charge in [-0.1, -0.05) is 11.8 Å². The molecule has 0 saturated heterocycles. The third-order valence-electron chi connectivity index (χ3n) is 4.55. The molecule has 9 nitrogen and oxygen atoms in total. The Morgan fingerprint density at radius 3 is 2.53 bits per heavy atom. The summed E-state index contributed by atoms with van der Waals surface area (Å²) in [5, 5.41) is 5.90. The molecule has 0 fully saturated rings. The molecule has 0 radical (unpaired) electrons. The molecular formula is C22H21N5O4S. The molecule has 3 N–H and O–H groups in total. The molecule has 10 heteroatoms. The van der Waals surface area contributed by atoms with Crippen LogP contribution in [0.3, 0.4) is 0 Å². The molecule has 4 rings (SSSR count). The predicted molar refractivity (Wildman–Crippen MR) is 123 cm³/mol. The van der Waals surface area contributed by atoms with Gasteiger partial charge in [-0.15, -0.1) is 0 Å². The summed E-state index contributed by atoms with van der Waals surface area (Å²) in [6.07, 6.45) is 1.54. The maximum Gasteiger partial charge on any atom is 0.278 e. The van der Waals surface area contributed by atoms with E-state index in [4.69, 9.17) is 4.42 Å². The summed E-state index contributed by atoms with van der Waals surface area (Å²) >= 11 is 1.17. The monoisotopic (exact) mass is 451 g/mol. The van der Waals surface area contributed by atoms with Crippen LogP contribution in [0.4, 0.5) is 11.4 Å². The van der Waals surface area contributed by atoms with Crippen molar-refractivity contribution in [3.8, 4) is 0 Å². The van der Waals surface area contributed by atoms with E-state index in [0.29, 0.717) is 33.3 Å². The molecule has 3 aromatic heterocycles. The highest BCUT2D eigenvalue weighted by molar-refractivity contribution is 7.99. The van der Waals surface area contributed by atoms with Crippen molar-refractivity contribution in [2.45, 2.75) is 25.5 Å². The molecular weight excluding hydrogens is 430 g/mol. The zero-order chi connectivity index (χ0) is 22.7. The molecule has 0 bridgehead atoms. The number of anilines is 2. The first-order valence-corrected chi connectivity index (χ1v) is 10.8. The highest BCUT2D eigenvalue weighted by atomic mass is 32.2. The second-order valence-corrected chi connectivity index (χ2v) is 8.12. The number of benzene rings is 1. The Hall–Kier alpha value is -3.79. The van der Waals surface area contributed by atoms with Gasteiger partial charge in [-0.05, 0) is 49.4 Å². The number of furan rings is 1. The molecule has 0 saturated carbocycles. The predicted octanol–water partition coefficient (Wildman–Crippen LogP) is 3.36. The molecule has 2 amide bonds. The van der Waals surface area contributed by atoms with Crippen LogP contribution in [0.2, 0.25) is 0 Å². The van der Waals surface area contributed by atoms with Gasteiger partial charge in [0.1, 0.15) is 11.3 Å². The molecule has 32 heavy (non-hydrogen) atoms. The Labute approximate surface area is 187 Å². The zero-order valence-corrected chi connectivity index (χ0v) is 18.3. The average molecular weight is 452 g/mol. The summed E-state index contributed by atoms with van der Waals surface area (Å²) < 4.78 is 6.89. The van der Waals surface area contributed by atoms with Gasteiger partial charge in [-0.25, -0.2) is 4.98 Å². The van der Waals surface area contributed by atoms with E-state index >= 15 is 0 Å². The number of hydrogen-bond acceptors (Lipinski definition) is 6. The number of carbonyl (C=O) groups is 2. The van der Waals surface area contributed by atoms with Crippen molar-refractivity contribution < 1.29 is 14.0 Å². The number of H-pyrrole nitrogens is 1. The highest BCUT2D eigenvalue weighted by Crippen LogP contribution is 2.20. The lowest BCUT2D eigenvalue weighted by atomic mass is 10.3. The third-order valence-corrected chi connectivity index (χ3v) is 5.53. The van der Waals surface area contributed by atoms with Crippen molar-refractivity contribution in [3.05, 3.63) is 70.5 Å². The van der Waals surface area contributed by atoms with Crippen LogP contribution in [-0.4, -0.2) is 32.1 Å². The van der Waals surface area contributed by atoms with E-state index in [-0.39, 0.29) is 29.7 Å². The molecule has 0 aliphatic heterocycles. The van der Waals surface area contributed by atoms with Crippen LogP contribution in [-0.2, 0) is 16.1 Å². The SMILES string of the molecule is CC(=O)Nc1ccc(NC(=O)CSc2nc3cc(C)[nH]c3c(=O)n2Cc2ccco2)cc1. The van der Waals surface area contributed by atoms with E-state index in [1.807, 2.05) is 6.92 Å². The van der Waals surface area contributed by atoms with Crippen LogP contribution in [0.25, 0.3) is 11.0 Å². The van der Waals surface area contributed by atoms with Gasteiger partial charge in [0.05, 0.1) is 24.1 Å². The maximum atomic E-state index is 13.0. The largest absolute Gasteiger partial charge is 0.467 e. The number of aromatic amines is 1. The first-order valence-electron chi connectivity index (χ1n) is 9.82. The van der Waals surface area contributed by atoms with Crippen molar-refractivity contribution in [2.24, 2.45) is 0 Å². The average Bonchev–Trinajstić information content (AvgIpc) is 3.39. The second kappa shape index (κ2) is 9.15. The topological polar surface area (TPSA) is 122 Å². The van der Waals surface area contributed by atoms with Crippen LogP contribution in [0.15, 0.2) is 63.1 Å². The van der Waals surface area contributed by atoms with Gasteiger partial charge in [0.2, 0.25) is 11.8 Å². The summed E-state index contributed by atoms with van der Waals surface area (Å²) in [6, 6.07) is 12.1. The minimum atomic E-state index is -0.244. The Morgan fingerprint density at radius 2 is 1.88 bits per heavy atom.